The van der Waals surface area contributed by atoms with Gasteiger partial charge in [0.25, 0.3) is 0 Å². The fourth-order valence-electron chi connectivity index (χ4n) is 4.15. The van der Waals surface area contributed by atoms with Gasteiger partial charge in [-0.25, -0.2) is 0 Å². The van der Waals surface area contributed by atoms with Crippen molar-refractivity contribution in [3.63, 3.8) is 0 Å². The largest absolute Gasteiger partial charge is 0.295 e. The van der Waals surface area contributed by atoms with Gasteiger partial charge in [0.05, 0.1) is 0 Å². The lowest BCUT2D eigenvalue weighted by atomic mass is 9.65. The zero-order valence-electron chi connectivity index (χ0n) is 13.0. The Morgan fingerprint density at radius 3 is 2.26 bits per heavy atom. The summed E-state index contributed by atoms with van der Waals surface area (Å²) < 4.78 is 0. The molecule has 0 saturated heterocycles. The summed E-state index contributed by atoms with van der Waals surface area (Å²) >= 11 is 0. The molecule has 0 bridgehead atoms. The van der Waals surface area contributed by atoms with Crippen molar-refractivity contribution in [1.29, 1.82) is 0 Å². The lowest BCUT2D eigenvalue weighted by Crippen LogP contribution is -2.31. The van der Waals surface area contributed by atoms with Crippen LogP contribution in [-0.2, 0) is 4.79 Å². The average Bonchev–Trinajstić information content (AvgIpc) is 2.33. The Hall–Kier alpha value is -0.850. The van der Waals surface area contributed by atoms with Gasteiger partial charge < -0.3 is 0 Å². The van der Waals surface area contributed by atoms with Crippen LogP contribution in [0.5, 0.6) is 0 Å². The van der Waals surface area contributed by atoms with E-state index < -0.39 is 0 Å². The van der Waals surface area contributed by atoms with Crippen LogP contribution >= 0.6 is 0 Å². The standard InChI is InChI=1S/C18H28O/c1-11(2)15-9-16(14(5)17(19)10-15)18-12(3)7-6-8-13(18)4/h12-13,15,18H,1,6-10H2,2-5H3. The Balaban J connectivity index is 2.32. The van der Waals surface area contributed by atoms with Crippen molar-refractivity contribution < 1.29 is 4.79 Å². The maximum Gasteiger partial charge on any atom is 0.159 e. The van der Waals surface area contributed by atoms with Gasteiger partial charge in [0.1, 0.15) is 0 Å². The van der Waals surface area contributed by atoms with E-state index in [0.29, 0.717) is 24.0 Å². The Bertz CT molecular complexity index is 405. The third kappa shape index (κ3) is 2.85. The fourth-order valence-corrected chi connectivity index (χ4v) is 4.15. The molecule has 0 spiro atoms. The molecule has 0 heterocycles. The minimum absolute atomic E-state index is 0.360. The minimum atomic E-state index is 0.360. The molecule has 2 aliphatic rings. The summed E-state index contributed by atoms with van der Waals surface area (Å²) in [6, 6.07) is 0. The van der Waals surface area contributed by atoms with Gasteiger partial charge in [-0.3, -0.25) is 4.79 Å². The molecule has 0 N–H and O–H groups in total. The molecule has 0 aromatic rings. The van der Waals surface area contributed by atoms with E-state index in [4.69, 9.17) is 0 Å². The van der Waals surface area contributed by atoms with Crippen molar-refractivity contribution in [3.05, 3.63) is 23.3 Å². The van der Waals surface area contributed by atoms with Gasteiger partial charge in [-0.1, -0.05) is 50.8 Å². The summed E-state index contributed by atoms with van der Waals surface area (Å²) in [7, 11) is 0. The summed E-state index contributed by atoms with van der Waals surface area (Å²) in [5.74, 6) is 2.82. The zero-order chi connectivity index (χ0) is 14.2. The molecule has 0 radical (unpaired) electrons. The summed E-state index contributed by atoms with van der Waals surface area (Å²) in [5.41, 5.74) is 3.71. The highest BCUT2D eigenvalue weighted by atomic mass is 16.1. The van der Waals surface area contributed by atoms with Gasteiger partial charge in [-0.05, 0) is 49.5 Å². The number of Topliss-reactive ketones (excluding diaryl/α,β-unsaturated/α-hetero) is 1. The maximum absolute atomic E-state index is 12.3. The first-order chi connectivity index (χ1) is 8.91. The lowest BCUT2D eigenvalue weighted by molar-refractivity contribution is -0.116. The third-order valence-corrected chi connectivity index (χ3v) is 5.44. The van der Waals surface area contributed by atoms with Gasteiger partial charge in [0.15, 0.2) is 5.78 Å². The second-order valence-corrected chi connectivity index (χ2v) is 6.94. The molecule has 0 aliphatic heterocycles. The average molecular weight is 260 g/mol. The Morgan fingerprint density at radius 1 is 1.16 bits per heavy atom. The fraction of sp³-hybridized carbons (Fsp3) is 0.722. The van der Waals surface area contributed by atoms with Crippen LogP contribution in [0.1, 0.15) is 59.8 Å². The first-order valence-corrected chi connectivity index (χ1v) is 7.80. The molecule has 1 fully saturated rings. The van der Waals surface area contributed by atoms with E-state index in [9.17, 15) is 4.79 Å². The molecule has 0 amide bonds. The van der Waals surface area contributed by atoms with E-state index in [-0.39, 0.29) is 0 Å². The minimum Gasteiger partial charge on any atom is -0.295 e. The van der Waals surface area contributed by atoms with Gasteiger partial charge in [0, 0.05) is 6.42 Å². The molecule has 3 unspecified atom stereocenters. The number of allylic oxidation sites excluding steroid dienone is 3. The molecule has 0 aromatic heterocycles. The zero-order valence-corrected chi connectivity index (χ0v) is 13.0. The van der Waals surface area contributed by atoms with Crippen LogP contribution in [-0.4, -0.2) is 5.78 Å². The summed E-state index contributed by atoms with van der Waals surface area (Å²) in [5, 5.41) is 0. The van der Waals surface area contributed by atoms with Gasteiger partial charge >= 0.3 is 0 Å². The molecule has 3 atom stereocenters. The predicted molar refractivity (Wildman–Crippen MR) is 80.9 cm³/mol. The first kappa shape index (κ1) is 14.6. The lowest BCUT2D eigenvalue weighted by Gasteiger charge is -2.40. The van der Waals surface area contributed by atoms with Crippen LogP contribution in [0.2, 0.25) is 0 Å². The van der Waals surface area contributed by atoms with E-state index >= 15 is 0 Å². The van der Waals surface area contributed by atoms with E-state index in [0.717, 1.165) is 23.8 Å². The van der Waals surface area contributed by atoms with Crippen molar-refractivity contribution in [2.24, 2.45) is 23.7 Å². The topological polar surface area (TPSA) is 17.1 Å². The summed E-state index contributed by atoms with van der Waals surface area (Å²) in [4.78, 5) is 12.3. The molecule has 2 aliphatic carbocycles. The molecular formula is C18H28O. The number of hydrogen-bond acceptors (Lipinski definition) is 1. The molecular weight excluding hydrogens is 232 g/mol. The third-order valence-electron chi connectivity index (χ3n) is 5.44. The number of ketones is 1. The smallest absolute Gasteiger partial charge is 0.159 e. The van der Waals surface area contributed by atoms with Crippen molar-refractivity contribution in [2.45, 2.75) is 59.8 Å². The SMILES string of the molecule is C=C(C)C1CC(=O)C(C)=C(C2C(C)CCCC2C)C1. The first-order valence-electron chi connectivity index (χ1n) is 7.80. The van der Waals surface area contributed by atoms with Crippen LogP contribution in [0.3, 0.4) is 0 Å². The molecule has 2 rings (SSSR count). The normalized spacial score (nSPS) is 36.5. The number of carbonyl (C=O) groups excluding carboxylic acids is 1. The van der Waals surface area contributed by atoms with E-state index in [1.807, 2.05) is 0 Å². The predicted octanol–water partition coefficient (Wildman–Crippen LogP) is 4.93. The quantitative estimate of drug-likeness (QED) is 0.643. The van der Waals surface area contributed by atoms with Crippen LogP contribution in [0, 0.1) is 23.7 Å². The Labute approximate surface area is 118 Å². The van der Waals surface area contributed by atoms with Crippen LogP contribution in [0.15, 0.2) is 23.3 Å². The second-order valence-electron chi connectivity index (χ2n) is 6.94. The number of carbonyl (C=O) groups is 1. The second kappa shape index (κ2) is 5.64. The van der Waals surface area contributed by atoms with Crippen molar-refractivity contribution in [1.82, 2.24) is 0 Å². The van der Waals surface area contributed by atoms with Crippen molar-refractivity contribution in [3.8, 4) is 0 Å². The molecule has 1 nitrogen and oxygen atoms in total. The van der Waals surface area contributed by atoms with Gasteiger partial charge in [0.2, 0.25) is 0 Å². The Kier molecular flexibility index (Phi) is 4.32. The maximum atomic E-state index is 12.3. The van der Waals surface area contributed by atoms with Gasteiger partial charge in [-0.2, -0.15) is 0 Å². The molecule has 1 saturated carbocycles. The van der Waals surface area contributed by atoms with Crippen molar-refractivity contribution in [2.75, 3.05) is 0 Å². The van der Waals surface area contributed by atoms with E-state index in [1.54, 1.807) is 0 Å². The highest BCUT2D eigenvalue weighted by Crippen LogP contribution is 2.45. The molecule has 1 heteroatoms. The van der Waals surface area contributed by atoms with E-state index in [2.05, 4.69) is 34.3 Å². The monoisotopic (exact) mass is 260 g/mol. The van der Waals surface area contributed by atoms with Crippen LogP contribution < -0.4 is 0 Å². The van der Waals surface area contributed by atoms with E-state index in [1.165, 1.54) is 30.4 Å². The molecule has 106 valence electrons. The molecule has 19 heavy (non-hydrogen) atoms. The van der Waals surface area contributed by atoms with Gasteiger partial charge in [-0.15, -0.1) is 0 Å². The van der Waals surface area contributed by atoms with Crippen LogP contribution in [0.4, 0.5) is 0 Å². The van der Waals surface area contributed by atoms with Crippen molar-refractivity contribution >= 4 is 5.78 Å². The number of hydrogen-bond donors (Lipinski definition) is 0. The van der Waals surface area contributed by atoms with Crippen LogP contribution in [0.25, 0.3) is 0 Å². The number of rotatable bonds is 2. The summed E-state index contributed by atoms with van der Waals surface area (Å²) in [6.45, 7) is 13.0. The Morgan fingerprint density at radius 2 is 1.74 bits per heavy atom. The summed E-state index contributed by atoms with van der Waals surface area (Å²) in [6.07, 6.45) is 5.74. The highest BCUT2D eigenvalue weighted by molar-refractivity contribution is 5.96. The highest BCUT2D eigenvalue weighted by Gasteiger charge is 2.36. The molecule has 0 aromatic carbocycles.